The van der Waals surface area contributed by atoms with Crippen molar-refractivity contribution in [2.75, 3.05) is 33.4 Å². The summed E-state index contributed by atoms with van der Waals surface area (Å²) in [5, 5.41) is 16.8. The van der Waals surface area contributed by atoms with Crippen molar-refractivity contribution in [1.82, 2.24) is 4.90 Å². The number of nitrogens with one attached hydrogen (secondary N) is 2. The van der Waals surface area contributed by atoms with Gasteiger partial charge in [0, 0.05) is 19.5 Å². The molecule has 34 heavy (non-hydrogen) atoms. The Kier molecular flexibility index (Phi) is 7.75. The molecule has 1 saturated heterocycles. The molecule has 2 N–H and O–H groups in total. The van der Waals surface area contributed by atoms with E-state index in [0.29, 0.717) is 23.1 Å². The first-order valence-electron chi connectivity index (χ1n) is 11.5. The molecule has 8 heteroatoms. The summed E-state index contributed by atoms with van der Waals surface area (Å²) >= 11 is 6.17. The van der Waals surface area contributed by atoms with E-state index in [4.69, 9.17) is 41.0 Å². The van der Waals surface area contributed by atoms with Crippen molar-refractivity contribution >= 4 is 34.4 Å². The number of fused-ring (bicyclic) bond motifs is 1. The van der Waals surface area contributed by atoms with Gasteiger partial charge in [-0.3, -0.25) is 10.8 Å². The Morgan fingerprint density at radius 2 is 1.91 bits per heavy atom. The number of ether oxygens (including phenoxy) is 3. The van der Waals surface area contributed by atoms with Crippen molar-refractivity contribution in [1.29, 1.82) is 10.8 Å². The van der Waals surface area contributed by atoms with Crippen molar-refractivity contribution in [3.8, 4) is 11.5 Å². The maximum Gasteiger partial charge on any atom is 0.256 e. The van der Waals surface area contributed by atoms with Crippen LogP contribution in [0.25, 0.3) is 11.0 Å². The van der Waals surface area contributed by atoms with Gasteiger partial charge in [0.05, 0.1) is 24.1 Å². The van der Waals surface area contributed by atoms with E-state index >= 15 is 0 Å². The number of benzene rings is 2. The molecule has 3 aromatic rings. The highest BCUT2D eigenvalue weighted by atomic mass is 35.5. The highest BCUT2D eigenvalue weighted by Gasteiger charge is 2.21. The third-order valence-corrected chi connectivity index (χ3v) is 6.42. The summed E-state index contributed by atoms with van der Waals surface area (Å²) in [5.41, 5.74) is 1.93. The van der Waals surface area contributed by atoms with E-state index in [1.165, 1.54) is 12.5 Å². The van der Waals surface area contributed by atoms with Crippen LogP contribution in [0, 0.1) is 10.8 Å². The summed E-state index contributed by atoms with van der Waals surface area (Å²) in [7, 11) is 1.65. The van der Waals surface area contributed by atoms with Crippen LogP contribution in [0.3, 0.4) is 0 Å². The summed E-state index contributed by atoms with van der Waals surface area (Å²) in [6.45, 7) is 5.18. The number of nitrogens with zero attached hydrogens (tertiary/aromatic N) is 1. The molecule has 2 aromatic carbocycles. The van der Waals surface area contributed by atoms with Crippen LogP contribution in [0.1, 0.15) is 43.4 Å². The fourth-order valence-electron chi connectivity index (χ4n) is 4.37. The van der Waals surface area contributed by atoms with Gasteiger partial charge in [0.15, 0.2) is 11.7 Å². The fourth-order valence-corrected chi connectivity index (χ4v) is 4.56. The van der Waals surface area contributed by atoms with Gasteiger partial charge in [-0.2, -0.15) is 0 Å². The van der Waals surface area contributed by atoms with Gasteiger partial charge in [-0.05, 0) is 68.1 Å². The molecule has 0 saturated carbocycles. The smallest absolute Gasteiger partial charge is 0.256 e. The van der Waals surface area contributed by atoms with Gasteiger partial charge < -0.3 is 23.5 Å². The van der Waals surface area contributed by atoms with Crippen molar-refractivity contribution in [2.45, 2.75) is 32.1 Å². The van der Waals surface area contributed by atoms with Gasteiger partial charge in [-0.15, -0.1) is 0 Å². The van der Waals surface area contributed by atoms with Crippen LogP contribution >= 0.6 is 11.6 Å². The number of rotatable bonds is 8. The van der Waals surface area contributed by atoms with Crippen LogP contribution < -0.4 is 9.47 Å². The largest absolute Gasteiger partial charge is 0.495 e. The third kappa shape index (κ3) is 5.72. The van der Waals surface area contributed by atoms with Crippen LogP contribution in [0.15, 0.2) is 46.9 Å². The fraction of sp³-hybridized carbons (Fsp3) is 0.385. The number of halogens is 1. The van der Waals surface area contributed by atoms with E-state index in [-0.39, 0.29) is 17.6 Å². The van der Waals surface area contributed by atoms with E-state index < -0.39 is 0 Å². The van der Waals surface area contributed by atoms with Crippen molar-refractivity contribution < 1.29 is 18.6 Å². The first-order valence-corrected chi connectivity index (χ1v) is 11.9. The van der Waals surface area contributed by atoms with Crippen LogP contribution in [0.5, 0.6) is 11.5 Å². The van der Waals surface area contributed by atoms with Crippen molar-refractivity contribution in [2.24, 2.45) is 0 Å². The monoisotopic (exact) mass is 483 g/mol. The number of furan rings is 1. The average molecular weight is 484 g/mol. The molecule has 7 nitrogen and oxygen atoms in total. The lowest BCUT2D eigenvalue weighted by Crippen LogP contribution is -2.34. The number of hydrogen-bond acceptors (Lipinski definition) is 7. The molecule has 1 aliphatic heterocycles. The second-order valence-electron chi connectivity index (χ2n) is 8.48. The molecule has 1 aliphatic rings. The highest BCUT2D eigenvalue weighted by molar-refractivity contribution is 6.32. The van der Waals surface area contributed by atoms with Crippen LogP contribution in [0.4, 0.5) is 0 Å². The van der Waals surface area contributed by atoms with Gasteiger partial charge >= 0.3 is 0 Å². The minimum atomic E-state index is -0.185. The lowest BCUT2D eigenvalue weighted by atomic mass is 9.89. The normalized spacial score (nSPS) is 14.8. The zero-order chi connectivity index (χ0) is 24.1. The van der Waals surface area contributed by atoms with Crippen LogP contribution in [-0.4, -0.2) is 50.0 Å². The third-order valence-electron chi connectivity index (χ3n) is 6.11. The van der Waals surface area contributed by atoms with Crippen LogP contribution in [0.2, 0.25) is 5.02 Å². The van der Waals surface area contributed by atoms with Gasteiger partial charge in [-0.25, -0.2) is 0 Å². The molecule has 0 amide bonds. The Morgan fingerprint density at radius 1 is 1.12 bits per heavy atom. The van der Waals surface area contributed by atoms with Crippen LogP contribution in [-0.2, 0) is 4.74 Å². The van der Waals surface area contributed by atoms with Gasteiger partial charge in [0.2, 0.25) is 0 Å². The molecule has 1 fully saturated rings. The summed E-state index contributed by atoms with van der Waals surface area (Å²) in [5.74, 6) is 2.04. The number of likely N-dealkylation sites (tertiary alicyclic amines) is 1. The molecule has 1 aromatic heterocycles. The Hall–Kier alpha value is -3.03. The molecule has 4 rings (SSSR count). The maximum absolute atomic E-state index is 7.93. The van der Waals surface area contributed by atoms with Gasteiger partial charge in [0.25, 0.3) is 5.90 Å². The topological polar surface area (TPSA) is 91.8 Å². The lowest BCUT2D eigenvalue weighted by Gasteiger charge is -2.32. The van der Waals surface area contributed by atoms with E-state index in [0.717, 1.165) is 55.8 Å². The zero-order valence-corrected chi connectivity index (χ0v) is 20.3. The predicted octanol–water partition coefficient (Wildman–Crippen LogP) is 6.08. The molecule has 0 bridgehead atoms. The molecule has 0 spiro atoms. The number of methoxy groups -OCH3 is 1. The Balaban J connectivity index is 1.25. The Labute approximate surface area is 204 Å². The first kappa shape index (κ1) is 24.1. The SMILES string of the molecule is COc1cc(C2CCN(CCCOc3cccc4oc(C(=N)OC(C)=N)cc34)CC2)ccc1Cl. The van der Waals surface area contributed by atoms with E-state index in [1.54, 1.807) is 13.2 Å². The van der Waals surface area contributed by atoms with E-state index in [1.807, 2.05) is 24.3 Å². The summed E-state index contributed by atoms with van der Waals surface area (Å²) in [6.07, 6.45) is 3.16. The minimum Gasteiger partial charge on any atom is -0.495 e. The summed E-state index contributed by atoms with van der Waals surface area (Å²) in [6, 6.07) is 13.4. The molecule has 2 heterocycles. The summed E-state index contributed by atoms with van der Waals surface area (Å²) < 4.78 is 22.1. The lowest BCUT2D eigenvalue weighted by molar-refractivity contribution is 0.193. The standard InChI is InChI=1S/C26H30ClN3O4/c1-17(28)33-26(29)25-16-20-22(5-3-6-23(20)34-25)32-14-4-11-30-12-9-18(10-13-30)19-7-8-21(27)24(15-19)31-2/h3,5-8,15-16,18,28-29H,4,9-14H2,1-2H3. The molecule has 0 radical (unpaired) electrons. The molecule has 180 valence electrons. The second-order valence-corrected chi connectivity index (χ2v) is 8.89. The van der Waals surface area contributed by atoms with Crippen molar-refractivity contribution in [3.63, 3.8) is 0 Å². The summed E-state index contributed by atoms with van der Waals surface area (Å²) in [4.78, 5) is 2.49. The first-order chi connectivity index (χ1) is 16.4. The second kappa shape index (κ2) is 10.9. The van der Waals surface area contributed by atoms with Gasteiger partial charge in [0.1, 0.15) is 17.1 Å². The maximum atomic E-state index is 7.93. The number of piperidine rings is 1. The molecular weight excluding hydrogens is 454 g/mol. The molecule has 0 unspecified atom stereocenters. The Morgan fingerprint density at radius 3 is 2.65 bits per heavy atom. The Bertz CT molecular complexity index is 1170. The average Bonchev–Trinajstić information content (AvgIpc) is 3.28. The predicted molar refractivity (Wildman–Crippen MR) is 134 cm³/mol. The quantitative estimate of drug-likeness (QED) is 0.230. The van der Waals surface area contributed by atoms with E-state index in [9.17, 15) is 0 Å². The molecule has 0 aliphatic carbocycles. The number of hydrogen-bond donors (Lipinski definition) is 2. The molecule has 0 atom stereocenters. The minimum absolute atomic E-state index is 0.0566. The van der Waals surface area contributed by atoms with Crippen molar-refractivity contribution in [3.05, 3.63) is 58.8 Å². The van der Waals surface area contributed by atoms with E-state index in [2.05, 4.69) is 17.0 Å². The molecular formula is C26H30ClN3O4. The van der Waals surface area contributed by atoms with Gasteiger partial charge in [-0.1, -0.05) is 23.7 Å². The highest BCUT2D eigenvalue weighted by Crippen LogP contribution is 2.34. The zero-order valence-electron chi connectivity index (χ0n) is 19.5.